The highest BCUT2D eigenvalue weighted by atomic mass is 32.2. The number of hydrogen-bond acceptors (Lipinski definition) is 4. The highest BCUT2D eigenvalue weighted by Gasteiger charge is 2.12. The first kappa shape index (κ1) is 17.0. The molecule has 0 saturated carbocycles. The Hall–Kier alpha value is -2.08. The number of nitrogens with two attached hydrogens (primary N) is 1. The number of urea groups is 1. The molecule has 1 rings (SSSR count). The second-order valence-electron chi connectivity index (χ2n) is 3.99. The SMILES string of the molecule is NC(=O)NCCNS(=O)(=O)c1ccc(C#CCCO)cc1. The van der Waals surface area contributed by atoms with E-state index in [1.54, 1.807) is 12.1 Å². The third-order valence-electron chi connectivity index (χ3n) is 2.35. The van der Waals surface area contributed by atoms with Gasteiger partial charge in [0.15, 0.2) is 0 Å². The first-order valence-corrected chi connectivity index (χ1v) is 7.67. The number of hydrogen-bond donors (Lipinski definition) is 4. The summed E-state index contributed by atoms with van der Waals surface area (Å²) < 4.78 is 26.2. The fourth-order valence-corrected chi connectivity index (χ4v) is 2.42. The summed E-state index contributed by atoms with van der Waals surface area (Å²) in [4.78, 5) is 10.6. The molecule has 0 fully saturated rings. The lowest BCUT2D eigenvalue weighted by Gasteiger charge is -2.07. The molecule has 0 unspecified atom stereocenters. The van der Waals surface area contributed by atoms with Gasteiger partial charge in [0, 0.05) is 25.1 Å². The summed E-state index contributed by atoms with van der Waals surface area (Å²) in [5.74, 6) is 5.55. The summed E-state index contributed by atoms with van der Waals surface area (Å²) in [6.45, 7) is 0.144. The van der Waals surface area contributed by atoms with E-state index in [4.69, 9.17) is 10.8 Å². The van der Waals surface area contributed by atoms with Crippen molar-refractivity contribution in [2.45, 2.75) is 11.3 Å². The zero-order valence-corrected chi connectivity index (χ0v) is 12.1. The number of carbonyl (C=O) groups excluding carboxylic acids is 1. The minimum Gasteiger partial charge on any atom is -0.395 e. The molecule has 0 aliphatic heterocycles. The van der Waals surface area contributed by atoms with Gasteiger partial charge in [-0.15, -0.1) is 0 Å². The van der Waals surface area contributed by atoms with Crippen molar-refractivity contribution in [3.05, 3.63) is 29.8 Å². The van der Waals surface area contributed by atoms with E-state index in [0.717, 1.165) is 0 Å². The molecule has 0 saturated heterocycles. The van der Waals surface area contributed by atoms with Gasteiger partial charge in [-0.25, -0.2) is 17.9 Å². The third kappa shape index (κ3) is 6.27. The molecule has 5 N–H and O–H groups in total. The molecule has 1 aromatic carbocycles. The van der Waals surface area contributed by atoms with Crippen molar-refractivity contribution in [3.8, 4) is 11.8 Å². The number of rotatable bonds is 6. The molecule has 8 heteroatoms. The normalized spacial score (nSPS) is 10.5. The molecule has 114 valence electrons. The molecular formula is C13H17N3O4S. The Bertz CT molecular complexity index is 630. The van der Waals surface area contributed by atoms with Crippen LogP contribution in [0.5, 0.6) is 0 Å². The Labute approximate surface area is 123 Å². The van der Waals surface area contributed by atoms with Crippen LogP contribution in [0.25, 0.3) is 0 Å². The summed E-state index contributed by atoms with van der Waals surface area (Å²) in [5.41, 5.74) is 5.53. The zero-order valence-electron chi connectivity index (χ0n) is 11.3. The Morgan fingerprint density at radius 3 is 2.48 bits per heavy atom. The highest BCUT2D eigenvalue weighted by Crippen LogP contribution is 2.09. The molecule has 7 nitrogen and oxygen atoms in total. The fourth-order valence-electron chi connectivity index (χ4n) is 1.39. The maximum Gasteiger partial charge on any atom is 0.312 e. The van der Waals surface area contributed by atoms with E-state index in [-0.39, 0.29) is 24.6 Å². The second kappa shape index (κ2) is 8.26. The Morgan fingerprint density at radius 2 is 1.90 bits per heavy atom. The number of benzene rings is 1. The number of aliphatic hydroxyl groups excluding tert-OH is 1. The van der Waals surface area contributed by atoms with Crippen LogP contribution in [-0.2, 0) is 10.0 Å². The van der Waals surface area contributed by atoms with E-state index in [9.17, 15) is 13.2 Å². The topological polar surface area (TPSA) is 122 Å². The average Bonchev–Trinajstić information content (AvgIpc) is 2.44. The van der Waals surface area contributed by atoms with Crippen LogP contribution in [0.3, 0.4) is 0 Å². The van der Waals surface area contributed by atoms with Gasteiger partial charge in [0.05, 0.1) is 11.5 Å². The summed E-state index contributed by atoms with van der Waals surface area (Å²) in [5, 5.41) is 10.9. The van der Waals surface area contributed by atoms with Crippen LogP contribution in [0, 0.1) is 11.8 Å². The number of carbonyl (C=O) groups is 1. The van der Waals surface area contributed by atoms with E-state index in [0.29, 0.717) is 12.0 Å². The molecule has 0 aliphatic rings. The van der Waals surface area contributed by atoms with Crippen LogP contribution in [0.1, 0.15) is 12.0 Å². The summed E-state index contributed by atoms with van der Waals surface area (Å²) >= 11 is 0. The van der Waals surface area contributed by atoms with E-state index >= 15 is 0 Å². The fraction of sp³-hybridized carbons (Fsp3) is 0.308. The van der Waals surface area contributed by atoms with Crippen LogP contribution in [0.15, 0.2) is 29.2 Å². The molecule has 0 bridgehead atoms. The highest BCUT2D eigenvalue weighted by molar-refractivity contribution is 7.89. The summed E-state index contributed by atoms with van der Waals surface area (Å²) in [7, 11) is -3.63. The molecular weight excluding hydrogens is 294 g/mol. The van der Waals surface area contributed by atoms with Gasteiger partial charge < -0.3 is 16.2 Å². The Balaban J connectivity index is 2.63. The maximum absolute atomic E-state index is 11.9. The minimum atomic E-state index is -3.63. The van der Waals surface area contributed by atoms with E-state index in [1.807, 2.05) is 0 Å². The van der Waals surface area contributed by atoms with Gasteiger partial charge in [0.1, 0.15) is 0 Å². The van der Waals surface area contributed by atoms with Crippen molar-refractivity contribution in [2.75, 3.05) is 19.7 Å². The van der Waals surface area contributed by atoms with Crippen LogP contribution in [0.4, 0.5) is 4.79 Å². The second-order valence-corrected chi connectivity index (χ2v) is 5.76. The quantitative estimate of drug-likeness (QED) is 0.412. The Kier molecular flexibility index (Phi) is 6.68. The van der Waals surface area contributed by atoms with Crippen LogP contribution in [-0.4, -0.2) is 39.3 Å². The predicted molar refractivity (Wildman–Crippen MR) is 77.8 cm³/mol. The molecule has 1 aromatic rings. The van der Waals surface area contributed by atoms with Crippen LogP contribution in [0.2, 0.25) is 0 Å². The Morgan fingerprint density at radius 1 is 1.24 bits per heavy atom. The van der Waals surface area contributed by atoms with E-state index < -0.39 is 16.1 Å². The van der Waals surface area contributed by atoms with Gasteiger partial charge in [0.2, 0.25) is 10.0 Å². The van der Waals surface area contributed by atoms with Crippen LogP contribution < -0.4 is 15.8 Å². The van der Waals surface area contributed by atoms with Gasteiger partial charge in [0.25, 0.3) is 0 Å². The number of aliphatic hydroxyl groups is 1. The monoisotopic (exact) mass is 311 g/mol. The molecule has 0 heterocycles. The lowest BCUT2D eigenvalue weighted by molar-refractivity contribution is 0.249. The molecule has 2 amide bonds. The van der Waals surface area contributed by atoms with Crippen molar-refractivity contribution in [3.63, 3.8) is 0 Å². The minimum absolute atomic E-state index is 0.0112. The number of sulfonamides is 1. The van der Waals surface area contributed by atoms with E-state index in [2.05, 4.69) is 21.9 Å². The molecule has 0 spiro atoms. The number of nitrogens with one attached hydrogen (secondary N) is 2. The van der Waals surface area contributed by atoms with Crippen molar-refractivity contribution < 1.29 is 18.3 Å². The average molecular weight is 311 g/mol. The lowest BCUT2D eigenvalue weighted by atomic mass is 10.2. The van der Waals surface area contributed by atoms with Gasteiger partial charge in [-0.2, -0.15) is 0 Å². The third-order valence-corrected chi connectivity index (χ3v) is 3.83. The molecule has 0 radical (unpaired) electrons. The maximum atomic E-state index is 11.9. The van der Waals surface area contributed by atoms with Crippen molar-refractivity contribution in [1.29, 1.82) is 0 Å². The molecule has 0 atom stereocenters. The summed E-state index contributed by atoms with van der Waals surface area (Å²) in [6, 6.07) is 5.33. The van der Waals surface area contributed by atoms with Gasteiger partial charge in [-0.05, 0) is 24.3 Å². The van der Waals surface area contributed by atoms with Crippen molar-refractivity contribution >= 4 is 16.1 Å². The molecule has 0 aromatic heterocycles. The first-order chi connectivity index (χ1) is 9.95. The zero-order chi connectivity index (χ0) is 15.7. The smallest absolute Gasteiger partial charge is 0.312 e. The first-order valence-electron chi connectivity index (χ1n) is 6.18. The number of primary amides is 1. The van der Waals surface area contributed by atoms with Crippen molar-refractivity contribution in [2.24, 2.45) is 5.73 Å². The molecule has 21 heavy (non-hydrogen) atoms. The predicted octanol–water partition coefficient (Wildman–Crippen LogP) is -0.633. The van der Waals surface area contributed by atoms with Gasteiger partial charge in [-0.1, -0.05) is 11.8 Å². The lowest BCUT2D eigenvalue weighted by Crippen LogP contribution is -2.37. The van der Waals surface area contributed by atoms with Crippen LogP contribution >= 0.6 is 0 Å². The van der Waals surface area contributed by atoms with Gasteiger partial charge >= 0.3 is 6.03 Å². The number of amides is 2. The standard InChI is InChI=1S/C13H17N3O4S/c14-13(18)15-8-9-16-21(19,20)12-6-4-11(5-7-12)3-1-2-10-17/h4-7,16-17H,2,8-10H2,(H3,14,15,18). The molecule has 0 aliphatic carbocycles. The largest absolute Gasteiger partial charge is 0.395 e. The van der Waals surface area contributed by atoms with E-state index in [1.165, 1.54) is 12.1 Å². The summed E-state index contributed by atoms with van der Waals surface area (Å²) in [6.07, 6.45) is 0.370. The van der Waals surface area contributed by atoms with Gasteiger partial charge in [-0.3, -0.25) is 0 Å². The van der Waals surface area contributed by atoms with Crippen molar-refractivity contribution in [1.82, 2.24) is 10.0 Å².